The first kappa shape index (κ1) is 11.8. The van der Waals surface area contributed by atoms with Crippen LogP contribution in [0.3, 0.4) is 0 Å². The molecule has 0 aromatic rings. The average molecular weight is 179 g/mol. The third-order valence-corrected chi connectivity index (χ3v) is 1.67. The van der Waals surface area contributed by atoms with Gasteiger partial charge in [0.05, 0.1) is 6.54 Å². The van der Waals surface area contributed by atoms with Crippen LogP contribution in [0.2, 0.25) is 0 Å². The Morgan fingerprint density at radius 2 is 2.00 bits per heavy atom. The van der Waals surface area contributed by atoms with Crippen molar-refractivity contribution in [3.05, 3.63) is 12.2 Å². The zero-order valence-corrected chi connectivity index (χ0v) is 8.85. The number of carbonyl (C=O) groups excluding carboxylic acids is 1. The van der Waals surface area contributed by atoms with Gasteiger partial charge in [-0.05, 0) is 27.7 Å². The minimum absolute atomic E-state index is 0.0783. The van der Waals surface area contributed by atoms with Crippen LogP contribution in [-0.2, 0) is 4.79 Å². The standard InChI is InChI=1S/C11H17NO/c1-7-8-12(11(4,5)6)10(13)9(2)3/h1H,2,8H2,3-6H3. The lowest BCUT2D eigenvalue weighted by Gasteiger charge is -2.34. The summed E-state index contributed by atoms with van der Waals surface area (Å²) in [5.74, 6) is 2.40. The molecule has 72 valence electrons. The number of hydrogen-bond acceptors (Lipinski definition) is 1. The third kappa shape index (κ3) is 3.33. The van der Waals surface area contributed by atoms with Crippen LogP contribution in [0, 0.1) is 12.3 Å². The summed E-state index contributed by atoms with van der Waals surface area (Å²) in [5.41, 5.74) is 0.271. The smallest absolute Gasteiger partial charge is 0.250 e. The van der Waals surface area contributed by atoms with Crippen molar-refractivity contribution < 1.29 is 4.79 Å². The summed E-state index contributed by atoms with van der Waals surface area (Å²) >= 11 is 0. The van der Waals surface area contributed by atoms with Crippen LogP contribution in [-0.4, -0.2) is 22.9 Å². The highest BCUT2D eigenvalue weighted by Gasteiger charge is 2.25. The maximum absolute atomic E-state index is 11.6. The van der Waals surface area contributed by atoms with Gasteiger partial charge in [0.1, 0.15) is 0 Å². The molecule has 0 saturated heterocycles. The van der Waals surface area contributed by atoms with Gasteiger partial charge in [-0.3, -0.25) is 4.79 Å². The van der Waals surface area contributed by atoms with Crippen molar-refractivity contribution in [1.29, 1.82) is 0 Å². The Hall–Kier alpha value is -1.23. The Kier molecular flexibility index (Phi) is 3.74. The van der Waals surface area contributed by atoms with Crippen LogP contribution in [0.1, 0.15) is 27.7 Å². The summed E-state index contributed by atoms with van der Waals surface area (Å²) in [5, 5.41) is 0. The second-order valence-corrected chi connectivity index (χ2v) is 4.05. The van der Waals surface area contributed by atoms with E-state index in [0.717, 1.165) is 0 Å². The van der Waals surface area contributed by atoms with Crippen molar-refractivity contribution in [3.63, 3.8) is 0 Å². The zero-order valence-electron chi connectivity index (χ0n) is 8.85. The van der Waals surface area contributed by atoms with E-state index in [1.807, 2.05) is 20.8 Å². The number of rotatable bonds is 2. The molecule has 2 heteroatoms. The van der Waals surface area contributed by atoms with Crippen LogP contribution < -0.4 is 0 Å². The number of terminal acetylenes is 1. The van der Waals surface area contributed by atoms with E-state index in [9.17, 15) is 4.79 Å². The number of nitrogens with zero attached hydrogens (tertiary/aromatic N) is 1. The minimum atomic E-state index is -0.248. The average Bonchev–Trinajstić information content (AvgIpc) is 1.96. The first-order valence-corrected chi connectivity index (χ1v) is 4.21. The van der Waals surface area contributed by atoms with E-state index in [-0.39, 0.29) is 11.4 Å². The van der Waals surface area contributed by atoms with Crippen LogP contribution >= 0.6 is 0 Å². The number of hydrogen-bond donors (Lipinski definition) is 0. The van der Waals surface area contributed by atoms with Crippen molar-refractivity contribution >= 4 is 5.91 Å². The fraction of sp³-hybridized carbons (Fsp3) is 0.545. The molecule has 2 nitrogen and oxygen atoms in total. The molecular weight excluding hydrogens is 162 g/mol. The second kappa shape index (κ2) is 4.13. The van der Waals surface area contributed by atoms with Crippen LogP contribution in [0.15, 0.2) is 12.2 Å². The van der Waals surface area contributed by atoms with Crippen LogP contribution in [0.25, 0.3) is 0 Å². The topological polar surface area (TPSA) is 20.3 Å². The predicted molar refractivity (Wildman–Crippen MR) is 55.1 cm³/mol. The molecule has 0 heterocycles. The van der Waals surface area contributed by atoms with E-state index < -0.39 is 0 Å². The quantitative estimate of drug-likeness (QED) is 0.468. The highest BCUT2D eigenvalue weighted by atomic mass is 16.2. The summed E-state index contributed by atoms with van der Waals surface area (Å²) in [4.78, 5) is 13.2. The van der Waals surface area contributed by atoms with E-state index in [1.54, 1.807) is 11.8 Å². The SMILES string of the molecule is C#CCN(C(=O)C(=C)C)C(C)(C)C. The maximum atomic E-state index is 11.6. The Balaban J connectivity index is 4.74. The summed E-state index contributed by atoms with van der Waals surface area (Å²) in [6.07, 6.45) is 5.19. The summed E-state index contributed by atoms with van der Waals surface area (Å²) in [6, 6.07) is 0. The van der Waals surface area contributed by atoms with Gasteiger partial charge in [-0.1, -0.05) is 12.5 Å². The van der Waals surface area contributed by atoms with Gasteiger partial charge in [0.15, 0.2) is 0 Å². The summed E-state index contributed by atoms with van der Waals surface area (Å²) in [7, 11) is 0. The molecule has 0 rings (SSSR count). The molecule has 1 amide bonds. The monoisotopic (exact) mass is 179 g/mol. The maximum Gasteiger partial charge on any atom is 0.250 e. The molecule has 0 spiro atoms. The van der Waals surface area contributed by atoms with Gasteiger partial charge in [0.2, 0.25) is 5.91 Å². The molecule has 0 aliphatic heterocycles. The molecule has 0 aromatic carbocycles. The fourth-order valence-electron chi connectivity index (χ4n) is 0.935. The zero-order chi connectivity index (χ0) is 10.6. The highest BCUT2D eigenvalue weighted by molar-refractivity contribution is 5.92. The normalized spacial score (nSPS) is 10.4. The van der Waals surface area contributed by atoms with Gasteiger partial charge in [0.25, 0.3) is 0 Å². The highest BCUT2D eigenvalue weighted by Crippen LogP contribution is 2.14. The van der Waals surface area contributed by atoms with Gasteiger partial charge in [-0.15, -0.1) is 6.42 Å². The summed E-state index contributed by atoms with van der Waals surface area (Å²) < 4.78 is 0. The van der Waals surface area contributed by atoms with Gasteiger partial charge in [0, 0.05) is 11.1 Å². The predicted octanol–water partition coefficient (Wildman–Crippen LogP) is 1.82. The molecule has 0 N–H and O–H groups in total. The Bertz CT molecular complexity index is 252. The van der Waals surface area contributed by atoms with Crippen molar-refractivity contribution in [1.82, 2.24) is 4.90 Å². The van der Waals surface area contributed by atoms with E-state index >= 15 is 0 Å². The van der Waals surface area contributed by atoms with Crippen molar-refractivity contribution in [2.75, 3.05) is 6.54 Å². The Morgan fingerprint density at radius 1 is 1.54 bits per heavy atom. The van der Waals surface area contributed by atoms with E-state index in [2.05, 4.69) is 12.5 Å². The van der Waals surface area contributed by atoms with E-state index in [1.165, 1.54) is 0 Å². The van der Waals surface area contributed by atoms with Crippen LogP contribution in [0.5, 0.6) is 0 Å². The molecule has 13 heavy (non-hydrogen) atoms. The lowest BCUT2D eigenvalue weighted by atomic mass is 10.0. The largest absolute Gasteiger partial charge is 0.323 e. The molecule has 0 fully saturated rings. The van der Waals surface area contributed by atoms with Gasteiger partial charge in [-0.2, -0.15) is 0 Å². The van der Waals surface area contributed by atoms with Crippen molar-refractivity contribution in [3.8, 4) is 12.3 Å². The Morgan fingerprint density at radius 3 is 2.23 bits per heavy atom. The van der Waals surface area contributed by atoms with E-state index in [4.69, 9.17) is 6.42 Å². The molecule has 0 saturated carbocycles. The molecular formula is C11H17NO. The number of amides is 1. The molecule has 0 aliphatic carbocycles. The van der Waals surface area contributed by atoms with Gasteiger partial charge < -0.3 is 4.90 Å². The van der Waals surface area contributed by atoms with Gasteiger partial charge in [-0.25, -0.2) is 0 Å². The van der Waals surface area contributed by atoms with Gasteiger partial charge >= 0.3 is 0 Å². The third-order valence-electron chi connectivity index (χ3n) is 1.67. The lowest BCUT2D eigenvalue weighted by Crippen LogP contribution is -2.46. The molecule has 0 unspecified atom stereocenters. The first-order valence-electron chi connectivity index (χ1n) is 4.21. The lowest BCUT2D eigenvalue weighted by molar-refractivity contribution is -0.130. The number of carbonyl (C=O) groups is 1. The molecule has 0 aliphatic rings. The molecule has 0 atom stereocenters. The molecule has 0 bridgehead atoms. The van der Waals surface area contributed by atoms with E-state index in [0.29, 0.717) is 12.1 Å². The molecule has 0 aromatic heterocycles. The van der Waals surface area contributed by atoms with Crippen molar-refractivity contribution in [2.24, 2.45) is 0 Å². The van der Waals surface area contributed by atoms with Crippen molar-refractivity contribution in [2.45, 2.75) is 33.2 Å². The summed E-state index contributed by atoms with van der Waals surface area (Å²) in [6.45, 7) is 11.5. The van der Waals surface area contributed by atoms with Crippen LogP contribution in [0.4, 0.5) is 0 Å². The minimum Gasteiger partial charge on any atom is -0.323 e. The molecule has 0 radical (unpaired) electrons. The fourth-order valence-corrected chi connectivity index (χ4v) is 0.935. The second-order valence-electron chi connectivity index (χ2n) is 4.05. The first-order chi connectivity index (χ1) is 5.80. The Labute approximate surface area is 80.6 Å².